The van der Waals surface area contributed by atoms with Gasteiger partial charge in [-0.2, -0.15) is 0 Å². The van der Waals surface area contributed by atoms with Crippen molar-refractivity contribution in [1.29, 1.82) is 0 Å². The predicted octanol–water partition coefficient (Wildman–Crippen LogP) is 2.79. The van der Waals surface area contributed by atoms with Crippen LogP contribution in [0.1, 0.15) is 56.5 Å². The maximum absolute atomic E-state index is 9.46. The van der Waals surface area contributed by atoms with Crippen LogP contribution in [0.15, 0.2) is 12.1 Å². The molecule has 2 nitrogen and oxygen atoms in total. The van der Waals surface area contributed by atoms with Crippen molar-refractivity contribution in [2.24, 2.45) is 0 Å². The third-order valence-corrected chi connectivity index (χ3v) is 3.63. The third-order valence-electron chi connectivity index (χ3n) is 3.63. The number of hydrogen-bond donors (Lipinski definition) is 1. The second-order valence-electron chi connectivity index (χ2n) is 5.22. The maximum atomic E-state index is 9.46. The first-order valence-corrected chi connectivity index (χ1v) is 6.23. The number of aliphatic hydroxyl groups excluding tert-OH is 1. The Morgan fingerprint density at radius 2 is 2.06 bits per heavy atom. The minimum absolute atomic E-state index is 0.00514. The summed E-state index contributed by atoms with van der Waals surface area (Å²) in [5, 5.41) is 9.46. The van der Waals surface area contributed by atoms with E-state index in [2.05, 4.69) is 37.9 Å². The molecule has 2 rings (SSSR count). The number of aliphatic hydroxyl groups is 1. The molecule has 0 atom stereocenters. The summed E-state index contributed by atoms with van der Waals surface area (Å²) in [6.45, 7) is 6.79. The third kappa shape index (κ3) is 1.99. The summed E-state index contributed by atoms with van der Waals surface area (Å²) in [4.78, 5) is 4.68. The highest BCUT2D eigenvalue weighted by Gasteiger charge is 2.45. The van der Waals surface area contributed by atoms with Crippen LogP contribution in [0.2, 0.25) is 0 Å². The molecule has 1 fully saturated rings. The van der Waals surface area contributed by atoms with Gasteiger partial charge in [-0.15, -0.1) is 0 Å². The van der Waals surface area contributed by atoms with Crippen LogP contribution in [0.5, 0.6) is 0 Å². The molecule has 16 heavy (non-hydrogen) atoms. The van der Waals surface area contributed by atoms with Crippen molar-refractivity contribution in [2.45, 2.75) is 51.4 Å². The lowest BCUT2D eigenvalue weighted by Gasteiger charge is -2.16. The van der Waals surface area contributed by atoms with Crippen LogP contribution in [0.3, 0.4) is 0 Å². The molecule has 1 aromatic heterocycles. The molecule has 0 amide bonds. The van der Waals surface area contributed by atoms with Crippen LogP contribution in [-0.2, 0) is 11.8 Å². The summed E-state index contributed by atoms with van der Waals surface area (Å²) in [6.07, 6.45) is 3.14. The Kier molecular flexibility index (Phi) is 3.02. The highest BCUT2D eigenvalue weighted by molar-refractivity contribution is 5.32. The summed E-state index contributed by atoms with van der Waals surface area (Å²) < 4.78 is 0. The minimum Gasteiger partial charge on any atom is -0.395 e. The standard InChI is InChI=1S/C14H21NO/c1-4-12-7-11(10(2)3)8-13(15-12)14(9-16)5-6-14/h7-8,10,16H,4-6,9H2,1-3H3. The SMILES string of the molecule is CCc1cc(C(C)C)cc(C2(CO)CC2)n1. The van der Waals surface area contributed by atoms with Crippen LogP contribution in [0.4, 0.5) is 0 Å². The molecule has 0 aromatic carbocycles. The summed E-state index contributed by atoms with van der Waals surface area (Å²) >= 11 is 0. The largest absolute Gasteiger partial charge is 0.395 e. The maximum Gasteiger partial charge on any atom is 0.0543 e. The summed E-state index contributed by atoms with van der Waals surface area (Å²) in [6, 6.07) is 4.38. The molecule has 2 heteroatoms. The molecule has 1 aromatic rings. The van der Waals surface area contributed by atoms with Crippen LogP contribution >= 0.6 is 0 Å². The zero-order valence-corrected chi connectivity index (χ0v) is 10.5. The van der Waals surface area contributed by atoms with Gasteiger partial charge in [-0.25, -0.2) is 0 Å². The normalized spacial score (nSPS) is 17.8. The predicted molar refractivity (Wildman–Crippen MR) is 65.7 cm³/mol. The van der Waals surface area contributed by atoms with E-state index in [0.717, 1.165) is 30.7 Å². The van der Waals surface area contributed by atoms with Crippen LogP contribution in [0, 0.1) is 0 Å². The Balaban J connectivity index is 2.41. The van der Waals surface area contributed by atoms with Gasteiger partial charge in [0.15, 0.2) is 0 Å². The van der Waals surface area contributed by atoms with Gasteiger partial charge in [-0.05, 0) is 42.9 Å². The Labute approximate surface area is 97.7 Å². The van der Waals surface area contributed by atoms with E-state index in [9.17, 15) is 5.11 Å². The summed E-state index contributed by atoms with van der Waals surface area (Å²) in [5.74, 6) is 0.529. The zero-order chi connectivity index (χ0) is 11.8. The van der Waals surface area contributed by atoms with Crippen molar-refractivity contribution >= 4 is 0 Å². The highest BCUT2D eigenvalue weighted by Crippen LogP contribution is 2.47. The van der Waals surface area contributed by atoms with Gasteiger partial charge in [0.2, 0.25) is 0 Å². The van der Waals surface area contributed by atoms with E-state index >= 15 is 0 Å². The van der Waals surface area contributed by atoms with Crippen LogP contribution < -0.4 is 0 Å². The molecule has 0 saturated heterocycles. The quantitative estimate of drug-likeness (QED) is 0.844. The van der Waals surface area contributed by atoms with E-state index in [1.54, 1.807) is 0 Å². The first-order valence-electron chi connectivity index (χ1n) is 6.23. The highest BCUT2D eigenvalue weighted by atomic mass is 16.3. The lowest BCUT2D eigenvalue weighted by Crippen LogP contribution is -2.15. The average Bonchev–Trinajstić information content (AvgIpc) is 3.09. The molecule has 0 radical (unpaired) electrons. The monoisotopic (exact) mass is 219 g/mol. The number of aryl methyl sites for hydroxylation is 1. The fourth-order valence-corrected chi connectivity index (χ4v) is 2.04. The van der Waals surface area contributed by atoms with Crippen molar-refractivity contribution in [3.05, 3.63) is 29.1 Å². The van der Waals surface area contributed by atoms with Gasteiger partial charge in [-0.1, -0.05) is 20.8 Å². The smallest absolute Gasteiger partial charge is 0.0543 e. The molecule has 0 bridgehead atoms. The topological polar surface area (TPSA) is 33.1 Å². The number of pyridine rings is 1. The van der Waals surface area contributed by atoms with Gasteiger partial charge in [0.25, 0.3) is 0 Å². The summed E-state index contributed by atoms with van der Waals surface area (Å²) in [7, 11) is 0. The molecule has 1 aliphatic carbocycles. The Morgan fingerprint density at radius 1 is 1.38 bits per heavy atom. The molecule has 1 aliphatic rings. The summed E-state index contributed by atoms with van der Waals surface area (Å²) in [5.41, 5.74) is 3.61. The van der Waals surface area contributed by atoms with E-state index in [4.69, 9.17) is 0 Å². The van der Waals surface area contributed by atoms with Gasteiger partial charge >= 0.3 is 0 Å². The first-order chi connectivity index (χ1) is 7.61. The first kappa shape index (κ1) is 11.6. The Bertz CT molecular complexity index is 380. The minimum atomic E-state index is -0.00514. The fourth-order valence-electron chi connectivity index (χ4n) is 2.04. The second-order valence-corrected chi connectivity index (χ2v) is 5.22. The van der Waals surface area contributed by atoms with E-state index in [-0.39, 0.29) is 12.0 Å². The average molecular weight is 219 g/mol. The zero-order valence-electron chi connectivity index (χ0n) is 10.5. The van der Waals surface area contributed by atoms with Gasteiger partial charge in [0.05, 0.1) is 6.61 Å². The second kappa shape index (κ2) is 4.17. The van der Waals surface area contributed by atoms with E-state index in [1.165, 1.54) is 5.56 Å². The van der Waals surface area contributed by atoms with Crippen molar-refractivity contribution in [3.8, 4) is 0 Å². The Morgan fingerprint density at radius 3 is 2.50 bits per heavy atom. The van der Waals surface area contributed by atoms with Gasteiger partial charge in [0.1, 0.15) is 0 Å². The fraction of sp³-hybridized carbons (Fsp3) is 0.643. The molecule has 1 heterocycles. The molecule has 88 valence electrons. The molecular weight excluding hydrogens is 198 g/mol. The van der Waals surface area contributed by atoms with Gasteiger partial charge < -0.3 is 5.11 Å². The molecule has 1 saturated carbocycles. The van der Waals surface area contributed by atoms with Crippen molar-refractivity contribution in [1.82, 2.24) is 4.98 Å². The Hall–Kier alpha value is -0.890. The molecule has 0 aliphatic heterocycles. The number of aromatic nitrogens is 1. The van der Waals surface area contributed by atoms with E-state index in [1.807, 2.05) is 0 Å². The molecule has 0 unspecified atom stereocenters. The van der Waals surface area contributed by atoms with Crippen molar-refractivity contribution < 1.29 is 5.11 Å². The van der Waals surface area contributed by atoms with Crippen LogP contribution in [-0.4, -0.2) is 16.7 Å². The lowest BCUT2D eigenvalue weighted by molar-refractivity contribution is 0.252. The van der Waals surface area contributed by atoms with E-state index in [0.29, 0.717) is 5.92 Å². The number of rotatable bonds is 4. The van der Waals surface area contributed by atoms with Crippen molar-refractivity contribution in [3.63, 3.8) is 0 Å². The molecular formula is C14H21NO. The number of hydrogen-bond acceptors (Lipinski definition) is 2. The number of nitrogens with zero attached hydrogens (tertiary/aromatic N) is 1. The van der Waals surface area contributed by atoms with Crippen LogP contribution in [0.25, 0.3) is 0 Å². The molecule has 1 N–H and O–H groups in total. The molecule has 0 spiro atoms. The van der Waals surface area contributed by atoms with Crippen molar-refractivity contribution in [2.75, 3.05) is 6.61 Å². The van der Waals surface area contributed by atoms with Gasteiger partial charge in [-0.3, -0.25) is 4.98 Å². The lowest BCUT2D eigenvalue weighted by atomic mass is 9.96. The van der Waals surface area contributed by atoms with Gasteiger partial charge in [0, 0.05) is 16.8 Å². The van der Waals surface area contributed by atoms with E-state index < -0.39 is 0 Å².